The highest BCUT2D eigenvalue weighted by molar-refractivity contribution is 5.84. The van der Waals surface area contributed by atoms with Crippen LogP contribution in [-0.4, -0.2) is 19.7 Å². The van der Waals surface area contributed by atoms with Crippen LogP contribution >= 0.6 is 0 Å². The van der Waals surface area contributed by atoms with E-state index >= 15 is 0 Å². The average Bonchev–Trinajstić information content (AvgIpc) is 2.48. The Kier molecular flexibility index (Phi) is 3.69. The van der Waals surface area contributed by atoms with Gasteiger partial charge in [0.1, 0.15) is 5.75 Å². The van der Waals surface area contributed by atoms with Crippen LogP contribution in [0.15, 0.2) is 36.4 Å². The summed E-state index contributed by atoms with van der Waals surface area (Å²) in [4.78, 5) is 0. The van der Waals surface area contributed by atoms with Crippen molar-refractivity contribution in [1.29, 1.82) is 0 Å². The third kappa shape index (κ3) is 2.74. The van der Waals surface area contributed by atoms with Crippen molar-refractivity contribution >= 4 is 10.8 Å². The van der Waals surface area contributed by atoms with E-state index in [4.69, 9.17) is 4.74 Å². The van der Waals surface area contributed by atoms with Gasteiger partial charge in [-0.05, 0) is 67.2 Å². The summed E-state index contributed by atoms with van der Waals surface area (Å²) in [6.07, 6.45) is 2.51. The molecule has 2 nitrogen and oxygen atoms in total. The second-order valence-corrected chi connectivity index (χ2v) is 5.23. The lowest BCUT2D eigenvalue weighted by Crippen LogP contribution is -2.26. The number of ether oxygens (including phenoxy) is 1. The SMILES string of the molecule is CCOc1ccc2cc(C3CCNCC3)ccc2c1. The molecule has 1 aliphatic rings. The van der Waals surface area contributed by atoms with Gasteiger partial charge in [-0.1, -0.05) is 24.3 Å². The molecule has 0 saturated carbocycles. The molecule has 1 aliphatic heterocycles. The third-order valence-corrected chi connectivity index (χ3v) is 3.96. The molecule has 1 saturated heterocycles. The molecule has 0 atom stereocenters. The number of rotatable bonds is 3. The summed E-state index contributed by atoms with van der Waals surface area (Å²) in [6, 6.07) is 13.2. The molecule has 0 spiro atoms. The highest BCUT2D eigenvalue weighted by Gasteiger charge is 2.15. The zero-order valence-electron chi connectivity index (χ0n) is 11.5. The molecule has 2 aromatic carbocycles. The molecule has 0 unspecified atom stereocenters. The fourth-order valence-electron chi connectivity index (χ4n) is 2.91. The standard InChI is InChI=1S/C17H21NO/c1-2-19-17-6-5-15-11-14(3-4-16(15)12-17)13-7-9-18-10-8-13/h3-6,11-13,18H,2,7-10H2,1H3. The second-order valence-electron chi connectivity index (χ2n) is 5.23. The minimum Gasteiger partial charge on any atom is -0.494 e. The molecule has 3 rings (SSSR count). The van der Waals surface area contributed by atoms with Crippen LogP contribution in [0.1, 0.15) is 31.2 Å². The second kappa shape index (κ2) is 5.62. The first kappa shape index (κ1) is 12.5. The molecular weight excluding hydrogens is 234 g/mol. The zero-order valence-corrected chi connectivity index (χ0v) is 11.5. The summed E-state index contributed by atoms with van der Waals surface area (Å²) in [5, 5.41) is 6.01. The predicted octanol–water partition coefficient (Wildman–Crippen LogP) is 3.71. The van der Waals surface area contributed by atoms with Crippen molar-refractivity contribution in [2.75, 3.05) is 19.7 Å². The van der Waals surface area contributed by atoms with Crippen molar-refractivity contribution in [2.24, 2.45) is 0 Å². The Morgan fingerprint density at radius 2 is 1.79 bits per heavy atom. The summed E-state index contributed by atoms with van der Waals surface area (Å²) < 4.78 is 5.55. The Morgan fingerprint density at radius 1 is 1.05 bits per heavy atom. The van der Waals surface area contributed by atoms with Crippen LogP contribution in [0.5, 0.6) is 5.75 Å². The molecule has 100 valence electrons. The van der Waals surface area contributed by atoms with Crippen LogP contribution in [0, 0.1) is 0 Å². The first-order chi connectivity index (χ1) is 9.36. The van der Waals surface area contributed by atoms with Gasteiger partial charge >= 0.3 is 0 Å². The highest BCUT2D eigenvalue weighted by Crippen LogP contribution is 2.29. The van der Waals surface area contributed by atoms with Crippen LogP contribution in [0.4, 0.5) is 0 Å². The molecule has 0 bridgehead atoms. The quantitative estimate of drug-likeness (QED) is 0.903. The number of fused-ring (bicyclic) bond motifs is 1. The van der Waals surface area contributed by atoms with Crippen LogP contribution in [-0.2, 0) is 0 Å². The number of hydrogen-bond donors (Lipinski definition) is 1. The van der Waals surface area contributed by atoms with E-state index in [9.17, 15) is 0 Å². The molecule has 19 heavy (non-hydrogen) atoms. The van der Waals surface area contributed by atoms with Gasteiger partial charge < -0.3 is 10.1 Å². The van der Waals surface area contributed by atoms with Crippen LogP contribution in [0.3, 0.4) is 0 Å². The van der Waals surface area contributed by atoms with E-state index in [1.54, 1.807) is 0 Å². The number of piperidine rings is 1. The lowest BCUT2D eigenvalue weighted by atomic mass is 9.89. The number of benzene rings is 2. The van der Waals surface area contributed by atoms with Crippen molar-refractivity contribution in [2.45, 2.75) is 25.7 Å². The molecule has 0 amide bonds. The van der Waals surface area contributed by atoms with Crippen molar-refractivity contribution in [3.05, 3.63) is 42.0 Å². The van der Waals surface area contributed by atoms with Crippen LogP contribution in [0.2, 0.25) is 0 Å². The maximum absolute atomic E-state index is 5.55. The van der Waals surface area contributed by atoms with Gasteiger partial charge in [-0.3, -0.25) is 0 Å². The smallest absolute Gasteiger partial charge is 0.119 e. The number of hydrogen-bond acceptors (Lipinski definition) is 2. The van der Waals surface area contributed by atoms with Crippen LogP contribution < -0.4 is 10.1 Å². The van der Waals surface area contributed by atoms with Gasteiger partial charge in [0.05, 0.1) is 6.61 Å². The molecule has 0 radical (unpaired) electrons. The van der Waals surface area contributed by atoms with Gasteiger partial charge in [0.15, 0.2) is 0 Å². The largest absolute Gasteiger partial charge is 0.494 e. The maximum Gasteiger partial charge on any atom is 0.119 e. The van der Waals surface area contributed by atoms with E-state index in [-0.39, 0.29) is 0 Å². The lowest BCUT2D eigenvalue weighted by Gasteiger charge is -2.23. The summed E-state index contributed by atoms with van der Waals surface area (Å²) in [5.41, 5.74) is 1.48. The van der Waals surface area contributed by atoms with E-state index in [0.29, 0.717) is 0 Å². The molecule has 0 aromatic heterocycles. The summed E-state index contributed by atoms with van der Waals surface area (Å²) in [5.74, 6) is 1.68. The van der Waals surface area contributed by atoms with Crippen molar-refractivity contribution in [1.82, 2.24) is 5.32 Å². The van der Waals surface area contributed by atoms with Gasteiger partial charge in [-0.15, -0.1) is 0 Å². The molecule has 2 aromatic rings. The van der Waals surface area contributed by atoms with Crippen LogP contribution in [0.25, 0.3) is 10.8 Å². The van der Waals surface area contributed by atoms with Gasteiger partial charge in [-0.25, -0.2) is 0 Å². The van der Waals surface area contributed by atoms with Crippen molar-refractivity contribution in [3.63, 3.8) is 0 Å². The topological polar surface area (TPSA) is 21.3 Å². The molecule has 0 aliphatic carbocycles. The van der Waals surface area contributed by atoms with Crippen molar-refractivity contribution in [3.8, 4) is 5.75 Å². The summed E-state index contributed by atoms with van der Waals surface area (Å²) in [6.45, 7) is 5.03. The van der Waals surface area contributed by atoms with Gasteiger partial charge in [0.2, 0.25) is 0 Å². The highest BCUT2D eigenvalue weighted by atomic mass is 16.5. The molecular formula is C17H21NO. The van der Waals surface area contributed by atoms with E-state index in [1.165, 1.54) is 29.2 Å². The lowest BCUT2D eigenvalue weighted by molar-refractivity contribution is 0.341. The Labute approximate surface area is 114 Å². The summed E-state index contributed by atoms with van der Waals surface area (Å²) in [7, 11) is 0. The minimum atomic E-state index is 0.720. The van der Waals surface area contributed by atoms with Gasteiger partial charge in [0, 0.05) is 0 Å². The van der Waals surface area contributed by atoms with E-state index < -0.39 is 0 Å². The summed E-state index contributed by atoms with van der Waals surface area (Å²) >= 11 is 0. The fraction of sp³-hybridized carbons (Fsp3) is 0.412. The molecule has 1 N–H and O–H groups in total. The third-order valence-electron chi connectivity index (χ3n) is 3.96. The Bertz CT molecular complexity index is 558. The van der Waals surface area contributed by atoms with Gasteiger partial charge in [0.25, 0.3) is 0 Å². The normalized spacial score (nSPS) is 16.7. The average molecular weight is 255 g/mol. The number of nitrogens with one attached hydrogen (secondary N) is 1. The zero-order chi connectivity index (χ0) is 13.1. The fourth-order valence-corrected chi connectivity index (χ4v) is 2.91. The maximum atomic E-state index is 5.55. The molecule has 1 heterocycles. The Hall–Kier alpha value is -1.54. The monoisotopic (exact) mass is 255 g/mol. The van der Waals surface area contributed by atoms with Gasteiger partial charge in [-0.2, -0.15) is 0 Å². The van der Waals surface area contributed by atoms with E-state index in [1.807, 2.05) is 6.92 Å². The molecule has 1 fully saturated rings. The first-order valence-corrected chi connectivity index (χ1v) is 7.24. The minimum absolute atomic E-state index is 0.720. The van der Waals surface area contributed by atoms with Crippen molar-refractivity contribution < 1.29 is 4.74 Å². The van der Waals surface area contributed by atoms with E-state index in [0.717, 1.165) is 31.4 Å². The Balaban J connectivity index is 1.90. The predicted molar refractivity (Wildman–Crippen MR) is 80.0 cm³/mol. The first-order valence-electron chi connectivity index (χ1n) is 7.24. The molecule has 2 heteroatoms. The van der Waals surface area contributed by atoms with E-state index in [2.05, 4.69) is 41.7 Å². The Morgan fingerprint density at radius 3 is 2.58 bits per heavy atom.